The molecule has 0 unspecified atom stereocenters. The Bertz CT molecular complexity index is 1300. The normalized spacial score (nSPS) is 18.9. The van der Waals surface area contributed by atoms with Crippen LogP contribution in [0.25, 0.3) is 10.9 Å². The first-order chi connectivity index (χ1) is 19.6. The molecule has 9 heteroatoms. The highest BCUT2D eigenvalue weighted by Crippen LogP contribution is 2.35. The van der Waals surface area contributed by atoms with Gasteiger partial charge in [0.2, 0.25) is 0 Å². The third-order valence-electron chi connectivity index (χ3n) is 8.30. The van der Waals surface area contributed by atoms with Gasteiger partial charge in [-0.2, -0.15) is 13.2 Å². The van der Waals surface area contributed by atoms with E-state index in [4.69, 9.17) is 4.74 Å². The van der Waals surface area contributed by atoms with Gasteiger partial charge in [-0.3, -0.25) is 9.78 Å². The van der Waals surface area contributed by atoms with Crippen LogP contribution in [-0.4, -0.2) is 52.8 Å². The van der Waals surface area contributed by atoms with Crippen molar-refractivity contribution in [1.29, 1.82) is 0 Å². The number of aromatic nitrogens is 1. The molecule has 0 aliphatic carbocycles. The van der Waals surface area contributed by atoms with Crippen molar-refractivity contribution in [1.82, 2.24) is 9.88 Å². The summed E-state index contributed by atoms with van der Waals surface area (Å²) in [5.41, 5.74) is 1.69. The second kappa shape index (κ2) is 14.1. The Balaban J connectivity index is 1.31. The lowest BCUT2D eigenvalue weighted by Crippen LogP contribution is -2.41. The summed E-state index contributed by atoms with van der Waals surface area (Å²) in [6, 6.07) is 13.0. The molecule has 6 nitrogen and oxygen atoms in total. The minimum atomic E-state index is -4.33. The van der Waals surface area contributed by atoms with E-state index in [1.54, 1.807) is 19.4 Å². The molecule has 0 radical (unpaired) electrons. The molecule has 1 saturated heterocycles. The molecular weight excluding hydrogens is 533 g/mol. The number of methoxy groups -OCH3 is 1. The molecule has 0 spiro atoms. The average Bonchev–Trinajstić information content (AvgIpc) is 2.96. The van der Waals surface area contributed by atoms with E-state index >= 15 is 0 Å². The highest BCUT2D eigenvalue weighted by molar-refractivity contribution is 5.83. The van der Waals surface area contributed by atoms with E-state index < -0.39 is 23.8 Å². The van der Waals surface area contributed by atoms with Gasteiger partial charge in [0, 0.05) is 24.5 Å². The summed E-state index contributed by atoms with van der Waals surface area (Å²) in [6.07, 6.45) is 1.95. The van der Waals surface area contributed by atoms with Gasteiger partial charge in [-0.25, -0.2) is 0 Å². The van der Waals surface area contributed by atoms with Gasteiger partial charge in [0.05, 0.1) is 24.3 Å². The molecule has 0 amide bonds. The Hall–Kier alpha value is -3.17. The minimum Gasteiger partial charge on any atom is -0.497 e. The SMILES string of the molecule is COc1ccc2nccc([C@H](O)CC[C@@H]3CCN(CCCCc4cccc(C(F)(F)F)c4)C[C@H]3CCC(=O)O)c2c1. The number of likely N-dealkylation sites (tertiary alicyclic amines) is 1. The van der Waals surface area contributed by atoms with Crippen molar-refractivity contribution in [3.05, 3.63) is 71.4 Å². The molecule has 1 aromatic heterocycles. The topological polar surface area (TPSA) is 82.9 Å². The molecule has 0 saturated carbocycles. The number of nitrogens with zero attached hydrogens (tertiary/aromatic N) is 2. The van der Waals surface area contributed by atoms with Crippen molar-refractivity contribution in [2.45, 2.75) is 63.6 Å². The second-order valence-corrected chi connectivity index (χ2v) is 11.1. The van der Waals surface area contributed by atoms with Gasteiger partial charge in [0.15, 0.2) is 0 Å². The molecule has 1 fully saturated rings. The van der Waals surface area contributed by atoms with Crippen LogP contribution in [0.5, 0.6) is 5.75 Å². The number of unbranched alkanes of at least 4 members (excludes halogenated alkanes) is 1. The van der Waals surface area contributed by atoms with Gasteiger partial charge in [0.25, 0.3) is 0 Å². The number of aliphatic hydroxyl groups excluding tert-OH is 1. The molecule has 41 heavy (non-hydrogen) atoms. The molecular formula is C32H39F3N2O4. The predicted octanol–water partition coefficient (Wildman–Crippen LogP) is 6.90. The molecule has 0 bridgehead atoms. The lowest BCUT2D eigenvalue weighted by molar-refractivity contribution is -0.138. The maximum atomic E-state index is 13.0. The number of carboxylic acids is 1. The number of aliphatic carboxylic acids is 1. The van der Waals surface area contributed by atoms with Crippen molar-refractivity contribution >= 4 is 16.9 Å². The fourth-order valence-corrected chi connectivity index (χ4v) is 6.03. The summed E-state index contributed by atoms with van der Waals surface area (Å²) < 4.78 is 44.3. The number of benzene rings is 2. The number of hydrogen-bond acceptors (Lipinski definition) is 5. The van der Waals surface area contributed by atoms with Crippen molar-refractivity contribution in [3.8, 4) is 5.75 Å². The first kappa shape index (κ1) is 30.8. The van der Waals surface area contributed by atoms with E-state index in [-0.39, 0.29) is 12.3 Å². The van der Waals surface area contributed by atoms with E-state index in [2.05, 4.69) is 9.88 Å². The Morgan fingerprint density at radius 2 is 1.95 bits per heavy atom. The van der Waals surface area contributed by atoms with Crippen LogP contribution < -0.4 is 4.74 Å². The van der Waals surface area contributed by atoms with Crippen LogP contribution in [0.15, 0.2) is 54.7 Å². The quantitative estimate of drug-likeness (QED) is 0.217. The van der Waals surface area contributed by atoms with Gasteiger partial charge < -0.3 is 19.8 Å². The van der Waals surface area contributed by atoms with Gasteiger partial charge in [0.1, 0.15) is 5.75 Å². The summed E-state index contributed by atoms with van der Waals surface area (Å²) in [6.45, 7) is 2.53. The Morgan fingerprint density at radius 3 is 2.71 bits per heavy atom. The largest absolute Gasteiger partial charge is 0.497 e. The number of fused-ring (bicyclic) bond motifs is 1. The molecule has 2 N–H and O–H groups in total. The second-order valence-electron chi connectivity index (χ2n) is 11.1. The zero-order valence-electron chi connectivity index (χ0n) is 23.4. The summed E-state index contributed by atoms with van der Waals surface area (Å²) in [5, 5.41) is 21.3. The van der Waals surface area contributed by atoms with E-state index in [1.165, 1.54) is 12.1 Å². The number of hydrogen-bond donors (Lipinski definition) is 2. The van der Waals surface area contributed by atoms with Gasteiger partial charge >= 0.3 is 12.1 Å². The van der Waals surface area contributed by atoms with Crippen molar-refractivity contribution < 1.29 is 32.9 Å². The van der Waals surface area contributed by atoms with Crippen molar-refractivity contribution in [3.63, 3.8) is 0 Å². The van der Waals surface area contributed by atoms with Crippen LogP contribution in [0.4, 0.5) is 13.2 Å². The standard InChI is InChI=1S/C32H39F3N2O4/c1-41-26-10-11-29-28(20-26)27(14-16-36-29)30(38)12-8-23-15-18-37(21-24(23)9-13-31(39)40)17-3-2-5-22-6-4-7-25(19-22)32(33,34)35/h4,6-7,10-11,14,16,19-20,23-24,30,38H,2-3,5,8-9,12-13,15,17-18,21H2,1H3,(H,39,40)/t23-,24-,30-/m1/s1. The molecule has 2 aromatic carbocycles. The van der Waals surface area contributed by atoms with Crippen LogP contribution in [0.1, 0.15) is 67.7 Å². The third-order valence-corrected chi connectivity index (χ3v) is 8.30. The first-order valence-corrected chi connectivity index (χ1v) is 14.3. The zero-order valence-corrected chi connectivity index (χ0v) is 23.4. The van der Waals surface area contributed by atoms with Crippen molar-refractivity contribution in [2.75, 3.05) is 26.7 Å². The number of alkyl halides is 3. The zero-order chi connectivity index (χ0) is 29.4. The number of ether oxygens (including phenoxy) is 1. The van der Waals surface area contributed by atoms with E-state index in [1.807, 2.05) is 24.3 Å². The Labute approximate surface area is 239 Å². The van der Waals surface area contributed by atoms with Crippen LogP contribution in [-0.2, 0) is 17.4 Å². The van der Waals surface area contributed by atoms with Crippen LogP contribution in [0.2, 0.25) is 0 Å². The fourth-order valence-electron chi connectivity index (χ4n) is 6.03. The fraction of sp³-hybridized carbons (Fsp3) is 0.500. The molecule has 222 valence electrons. The lowest BCUT2D eigenvalue weighted by Gasteiger charge is -2.39. The van der Waals surface area contributed by atoms with Crippen LogP contribution >= 0.6 is 0 Å². The molecule has 1 aliphatic heterocycles. The maximum absolute atomic E-state index is 13.0. The van der Waals surface area contributed by atoms with Gasteiger partial charge in [-0.1, -0.05) is 18.2 Å². The number of carboxylic acid groups (broad SMARTS) is 1. The minimum absolute atomic E-state index is 0.113. The summed E-state index contributed by atoms with van der Waals surface area (Å²) in [7, 11) is 1.60. The lowest BCUT2D eigenvalue weighted by atomic mass is 9.79. The van der Waals surface area contributed by atoms with E-state index in [0.29, 0.717) is 36.5 Å². The molecule has 1 aliphatic rings. The van der Waals surface area contributed by atoms with Gasteiger partial charge in [-0.05, 0) is 111 Å². The maximum Gasteiger partial charge on any atom is 0.416 e. The highest BCUT2D eigenvalue weighted by atomic mass is 19.4. The molecule has 3 aromatic rings. The Morgan fingerprint density at radius 1 is 1.12 bits per heavy atom. The van der Waals surface area contributed by atoms with Gasteiger partial charge in [-0.15, -0.1) is 0 Å². The highest BCUT2D eigenvalue weighted by Gasteiger charge is 2.31. The van der Waals surface area contributed by atoms with Crippen LogP contribution in [0.3, 0.4) is 0 Å². The number of rotatable bonds is 13. The van der Waals surface area contributed by atoms with Crippen LogP contribution in [0, 0.1) is 11.8 Å². The number of pyridine rings is 1. The summed E-state index contributed by atoms with van der Waals surface area (Å²) in [4.78, 5) is 18.1. The van der Waals surface area contributed by atoms with E-state index in [9.17, 15) is 28.2 Å². The number of aryl methyl sites for hydroxylation is 1. The Kier molecular flexibility index (Phi) is 10.6. The van der Waals surface area contributed by atoms with Crippen molar-refractivity contribution in [2.24, 2.45) is 11.8 Å². The molecule has 4 rings (SSSR count). The summed E-state index contributed by atoms with van der Waals surface area (Å²) in [5.74, 6) is 0.423. The van der Waals surface area contributed by atoms with E-state index in [0.717, 1.165) is 67.9 Å². The monoisotopic (exact) mass is 572 g/mol. The average molecular weight is 573 g/mol. The number of halogens is 3. The predicted molar refractivity (Wildman–Crippen MR) is 152 cm³/mol. The number of carbonyl (C=O) groups is 1. The number of piperidine rings is 1. The molecule has 2 heterocycles. The first-order valence-electron chi connectivity index (χ1n) is 14.3. The smallest absolute Gasteiger partial charge is 0.416 e. The third kappa shape index (κ3) is 8.66. The number of aliphatic hydroxyl groups is 1. The summed E-state index contributed by atoms with van der Waals surface area (Å²) >= 11 is 0. The molecule has 3 atom stereocenters.